The number of nitrogens with zero attached hydrogens (tertiary/aromatic N) is 1. The summed E-state index contributed by atoms with van der Waals surface area (Å²) in [7, 11) is 3.32. The first-order valence-electron chi connectivity index (χ1n) is 8.56. The van der Waals surface area contributed by atoms with Crippen molar-refractivity contribution in [2.24, 2.45) is 4.99 Å². The minimum Gasteiger partial charge on any atom is -0.493 e. The first-order chi connectivity index (χ1) is 12.6. The van der Waals surface area contributed by atoms with E-state index in [4.69, 9.17) is 9.47 Å². The molecule has 2 aromatic rings. The molecule has 27 heavy (non-hydrogen) atoms. The van der Waals surface area contributed by atoms with Crippen molar-refractivity contribution >= 4 is 29.9 Å². The Morgan fingerprint density at radius 2 is 1.67 bits per heavy atom. The Morgan fingerprint density at radius 3 is 2.22 bits per heavy atom. The molecule has 0 unspecified atom stereocenters. The van der Waals surface area contributed by atoms with Gasteiger partial charge in [0, 0.05) is 20.1 Å². The van der Waals surface area contributed by atoms with Crippen LogP contribution in [0.15, 0.2) is 41.4 Å². The molecule has 0 aromatic heterocycles. The van der Waals surface area contributed by atoms with Crippen molar-refractivity contribution in [3.63, 3.8) is 0 Å². The van der Waals surface area contributed by atoms with Crippen LogP contribution in [0.2, 0.25) is 0 Å². The predicted octanol–water partition coefficient (Wildman–Crippen LogP) is 4.02. The molecule has 0 aliphatic heterocycles. The maximum absolute atomic E-state index is 13.6. The summed E-state index contributed by atoms with van der Waals surface area (Å²) in [5.41, 5.74) is 2.54. The summed E-state index contributed by atoms with van der Waals surface area (Å²) in [6.07, 6.45) is 0. The fourth-order valence-corrected chi connectivity index (χ4v) is 2.44. The van der Waals surface area contributed by atoms with E-state index in [0.717, 1.165) is 16.9 Å². The Kier molecular flexibility index (Phi) is 9.92. The van der Waals surface area contributed by atoms with Crippen molar-refractivity contribution < 1.29 is 13.9 Å². The molecule has 0 bridgehead atoms. The van der Waals surface area contributed by atoms with Crippen LogP contribution in [0.4, 0.5) is 4.39 Å². The van der Waals surface area contributed by atoms with E-state index in [1.165, 1.54) is 6.07 Å². The molecule has 2 N–H and O–H groups in total. The number of aliphatic imine (C=N–C) groups is 1. The quantitative estimate of drug-likeness (QED) is 0.352. The molecule has 0 amide bonds. The molecule has 0 heterocycles. The molecule has 0 aliphatic carbocycles. The monoisotopic (exact) mass is 487 g/mol. The van der Waals surface area contributed by atoms with Gasteiger partial charge in [-0.1, -0.05) is 18.2 Å². The average Bonchev–Trinajstić information content (AvgIpc) is 2.65. The van der Waals surface area contributed by atoms with E-state index < -0.39 is 0 Å². The van der Waals surface area contributed by atoms with Crippen LogP contribution in [-0.2, 0) is 13.1 Å². The van der Waals surface area contributed by atoms with Gasteiger partial charge in [0.2, 0.25) is 0 Å². The van der Waals surface area contributed by atoms with Crippen LogP contribution >= 0.6 is 24.0 Å². The van der Waals surface area contributed by atoms with E-state index in [2.05, 4.69) is 15.6 Å². The second kappa shape index (κ2) is 11.6. The van der Waals surface area contributed by atoms with Gasteiger partial charge >= 0.3 is 0 Å². The van der Waals surface area contributed by atoms with Crippen LogP contribution in [0, 0.1) is 12.7 Å². The van der Waals surface area contributed by atoms with Crippen LogP contribution in [0.25, 0.3) is 0 Å². The van der Waals surface area contributed by atoms with Gasteiger partial charge in [-0.25, -0.2) is 4.39 Å². The largest absolute Gasteiger partial charge is 0.493 e. The molecule has 0 saturated carbocycles. The summed E-state index contributed by atoms with van der Waals surface area (Å²) in [6.45, 7) is 5.33. The SMILES string of the molecule is CCOc1ccc(CNC(=NC)NCc2ccc(C)c(F)c2)cc1OC.I. The van der Waals surface area contributed by atoms with Gasteiger partial charge in [0.25, 0.3) is 0 Å². The third-order valence-electron chi connectivity index (χ3n) is 3.91. The first-order valence-corrected chi connectivity index (χ1v) is 8.56. The fraction of sp³-hybridized carbons (Fsp3) is 0.350. The Morgan fingerprint density at radius 1 is 1.04 bits per heavy atom. The zero-order valence-corrected chi connectivity index (χ0v) is 18.5. The maximum atomic E-state index is 13.6. The highest BCUT2D eigenvalue weighted by Crippen LogP contribution is 2.27. The highest BCUT2D eigenvalue weighted by molar-refractivity contribution is 14.0. The lowest BCUT2D eigenvalue weighted by molar-refractivity contribution is 0.310. The van der Waals surface area contributed by atoms with Crippen molar-refractivity contribution in [1.29, 1.82) is 0 Å². The number of rotatable bonds is 7. The van der Waals surface area contributed by atoms with Gasteiger partial charge in [-0.05, 0) is 48.7 Å². The number of methoxy groups -OCH3 is 1. The second-order valence-corrected chi connectivity index (χ2v) is 5.78. The standard InChI is InChI=1S/C20H26FN3O2.HI/c1-5-26-18-9-8-16(11-19(18)25-4)13-24-20(22-3)23-12-15-7-6-14(2)17(21)10-15;/h6-11H,5,12-13H2,1-4H3,(H2,22,23,24);1H. The van der Waals surface area contributed by atoms with Crippen LogP contribution in [0.5, 0.6) is 11.5 Å². The van der Waals surface area contributed by atoms with Crippen molar-refractivity contribution in [1.82, 2.24) is 10.6 Å². The van der Waals surface area contributed by atoms with Gasteiger partial charge in [-0.3, -0.25) is 4.99 Å². The van der Waals surface area contributed by atoms with Gasteiger partial charge in [0.05, 0.1) is 13.7 Å². The number of hydrogen-bond donors (Lipinski definition) is 2. The van der Waals surface area contributed by atoms with Gasteiger partial charge in [0.15, 0.2) is 17.5 Å². The van der Waals surface area contributed by atoms with Crippen molar-refractivity contribution in [2.45, 2.75) is 26.9 Å². The van der Waals surface area contributed by atoms with E-state index >= 15 is 0 Å². The van der Waals surface area contributed by atoms with Crippen molar-refractivity contribution in [2.75, 3.05) is 20.8 Å². The van der Waals surface area contributed by atoms with E-state index in [-0.39, 0.29) is 29.8 Å². The molecule has 2 rings (SSSR count). The Labute approximate surface area is 177 Å². The van der Waals surface area contributed by atoms with Gasteiger partial charge in [-0.2, -0.15) is 0 Å². The average molecular weight is 487 g/mol. The van der Waals surface area contributed by atoms with Gasteiger partial charge in [-0.15, -0.1) is 24.0 Å². The van der Waals surface area contributed by atoms with E-state index in [9.17, 15) is 4.39 Å². The van der Waals surface area contributed by atoms with Gasteiger partial charge in [0.1, 0.15) is 5.82 Å². The first kappa shape index (κ1) is 23.0. The highest BCUT2D eigenvalue weighted by Gasteiger charge is 2.06. The molecule has 0 radical (unpaired) electrons. The van der Waals surface area contributed by atoms with Crippen LogP contribution < -0.4 is 20.1 Å². The van der Waals surface area contributed by atoms with E-state index in [1.807, 2.05) is 31.2 Å². The summed E-state index contributed by atoms with van der Waals surface area (Å²) in [4.78, 5) is 4.19. The number of hydrogen-bond acceptors (Lipinski definition) is 3. The molecule has 0 atom stereocenters. The summed E-state index contributed by atoms with van der Waals surface area (Å²) >= 11 is 0. The molecular weight excluding hydrogens is 460 g/mol. The number of nitrogens with one attached hydrogen (secondary N) is 2. The third kappa shape index (κ3) is 6.89. The molecule has 0 spiro atoms. The van der Waals surface area contributed by atoms with E-state index in [1.54, 1.807) is 27.1 Å². The van der Waals surface area contributed by atoms with Gasteiger partial charge < -0.3 is 20.1 Å². The van der Waals surface area contributed by atoms with Crippen LogP contribution in [0.1, 0.15) is 23.6 Å². The number of benzene rings is 2. The summed E-state index contributed by atoms with van der Waals surface area (Å²) in [5.74, 6) is 1.86. The molecule has 7 heteroatoms. The Hall–Kier alpha value is -2.03. The Bertz CT molecular complexity index is 769. The molecular formula is C20H27FIN3O2. The lowest BCUT2D eigenvalue weighted by Gasteiger charge is -2.14. The zero-order chi connectivity index (χ0) is 18.9. The second-order valence-electron chi connectivity index (χ2n) is 5.78. The lowest BCUT2D eigenvalue weighted by atomic mass is 10.1. The predicted molar refractivity (Wildman–Crippen MR) is 118 cm³/mol. The number of ether oxygens (including phenoxy) is 2. The maximum Gasteiger partial charge on any atom is 0.191 e. The zero-order valence-electron chi connectivity index (χ0n) is 16.1. The smallest absolute Gasteiger partial charge is 0.191 e. The third-order valence-corrected chi connectivity index (χ3v) is 3.91. The van der Waals surface area contributed by atoms with Crippen molar-refractivity contribution in [3.05, 3.63) is 58.9 Å². The molecule has 0 fully saturated rings. The Balaban J connectivity index is 0.00000364. The fourth-order valence-electron chi connectivity index (χ4n) is 2.44. The van der Waals surface area contributed by atoms with Crippen LogP contribution in [0.3, 0.4) is 0 Å². The number of aryl methyl sites for hydroxylation is 1. The minimum atomic E-state index is -0.200. The minimum absolute atomic E-state index is 0. The normalized spacial score (nSPS) is 10.8. The molecule has 2 aromatic carbocycles. The summed E-state index contributed by atoms with van der Waals surface area (Å²) < 4.78 is 24.5. The van der Waals surface area contributed by atoms with E-state index in [0.29, 0.717) is 37.0 Å². The van der Waals surface area contributed by atoms with Crippen molar-refractivity contribution in [3.8, 4) is 11.5 Å². The molecule has 5 nitrogen and oxygen atoms in total. The molecule has 148 valence electrons. The topological polar surface area (TPSA) is 54.9 Å². The highest BCUT2D eigenvalue weighted by atomic mass is 127. The lowest BCUT2D eigenvalue weighted by Crippen LogP contribution is -2.36. The summed E-state index contributed by atoms with van der Waals surface area (Å²) in [5, 5.41) is 6.41. The summed E-state index contributed by atoms with van der Waals surface area (Å²) in [6, 6.07) is 11.0. The molecule has 0 aliphatic rings. The number of guanidine groups is 1. The van der Waals surface area contributed by atoms with Crippen LogP contribution in [-0.4, -0.2) is 26.7 Å². The molecule has 0 saturated heterocycles. The number of halogens is 2.